The average Bonchev–Trinajstić information content (AvgIpc) is 2.51. The molecule has 1 aliphatic rings. The molecule has 0 heterocycles. The first-order valence-corrected chi connectivity index (χ1v) is 7.58. The van der Waals surface area contributed by atoms with Gasteiger partial charge in [-0.2, -0.15) is 5.26 Å². The fourth-order valence-electron chi connectivity index (χ4n) is 3.36. The van der Waals surface area contributed by atoms with Crippen molar-refractivity contribution in [1.29, 1.82) is 5.26 Å². The van der Waals surface area contributed by atoms with Crippen LogP contribution in [0.3, 0.4) is 0 Å². The van der Waals surface area contributed by atoms with E-state index < -0.39 is 0 Å². The molecule has 1 aromatic carbocycles. The summed E-state index contributed by atoms with van der Waals surface area (Å²) in [5.74, 6) is 0.986. The monoisotopic (exact) mass is 268 g/mol. The molecule has 1 fully saturated rings. The predicted octanol–water partition coefficient (Wildman–Crippen LogP) is 4.40. The molecule has 0 radical (unpaired) electrons. The molecule has 106 valence electrons. The van der Waals surface area contributed by atoms with Crippen LogP contribution in [-0.4, -0.2) is 13.1 Å². The zero-order valence-corrected chi connectivity index (χ0v) is 12.5. The van der Waals surface area contributed by atoms with Gasteiger partial charge >= 0.3 is 0 Å². The van der Waals surface area contributed by atoms with Crippen molar-refractivity contribution in [3.63, 3.8) is 0 Å². The minimum atomic E-state index is -0.0427. The molecule has 3 atom stereocenters. The van der Waals surface area contributed by atoms with E-state index in [2.05, 4.69) is 42.2 Å². The first kappa shape index (κ1) is 14.7. The molecule has 1 aromatic rings. The zero-order valence-electron chi connectivity index (χ0n) is 12.5. The number of nitriles is 1. The second kappa shape index (κ2) is 7.14. The van der Waals surface area contributed by atoms with Gasteiger partial charge in [-0.15, -0.1) is 0 Å². The number of hydrogen-bond acceptors (Lipinski definition) is 2. The highest BCUT2D eigenvalue weighted by atomic mass is 15.1. The summed E-state index contributed by atoms with van der Waals surface area (Å²) in [7, 11) is 2.05. The molecule has 0 amide bonds. The van der Waals surface area contributed by atoms with E-state index in [0.717, 1.165) is 12.1 Å². The molecule has 0 aromatic heterocycles. The minimum Gasteiger partial charge on any atom is -0.359 e. The van der Waals surface area contributed by atoms with Gasteiger partial charge in [0, 0.05) is 12.7 Å². The Hall–Kier alpha value is -1.75. The molecular formula is C18H24N2. The first-order chi connectivity index (χ1) is 9.77. The molecule has 0 bridgehead atoms. The smallest absolute Gasteiger partial charge is 0.120 e. The molecule has 1 aliphatic carbocycles. The second-order valence-electron chi connectivity index (χ2n) is 5.66. The summed E-state index contributed by atoms with van der Waals surface area (Å²) in [6.45, 7) is 2.08. The van der Waals surface area contributed by atoms with Crippen LogP contribution in [0, 0.1) is 23.2 Å². The molecular weight excluding hydrogens is 244 g/mol. The highest BCUT2D eigenvalue weighted by Crippen LogP contribution is 2.36. The Bertz CT molecular complexity index is 472. The molecule has 2 rings (SSSR count). The molecule has 2 heteroatoms. The third kappa shape index (κ3) is 3.22. The molecule has 0 unspecified atom stereocenters. The maximum atomic E-state index is 9.68. The third-order valence-electron chi connectivity index (χ3n) is 4.43. The number of nitrogens with zero attached hydrogens (tertiary/aromatic N) is 2. The van der Waals surface area contributed by atoms with E-state index in [0.29, 0.717) is 11.8 Å². The summed E-state index contributed by atoms with van der Waals surface area (Å²) in [6.07, 6.45) is 9.35. The fraction of sp³-hybridized carbons (Fsp3) is 0.500. The Morgan fingerprint density at radius 1 is 1.25 bits per heavy atom. The van der Waals surface area contributed by atoms with Crippen molar-refractivity contribution in [2.24, 2.45) is 11.8 Å². The minimum absolute atomic E-state index is 0.0427. The Morgan fingerprint density at radius 2 is 1.95 bits per heavy atom. The van der Waals surface area contributed by atoms with Crippen LogP contribution >= 0.6 is 0 Å². The molecule has 0 aliphatic heterocycles. The number of hydrogen-bond donors (Lipinski definition) is 0. The SMILES string of the molecule is C/C=C/[C@H]1CCCC[C@@H]1[C@@H](C#N)N(C)c1ccccc1. The zero-order chi connectivity index (χ0) is 14.4. The summed E-state index contributed by atoms with van der Waals surface area (Å²) in [4.78, 5) is 2.15. The van der Waals surface area contributed by atoms with Gasteiger partial charge in [0.05, 0.1) is 6.07 Å². The van der Waals surface area contributed by atoms with Crippen molar-refractivity contribution in [1.82, 2.24) is 0 Å². The maximum Gasteiger partial charge on any atom is 0.120 e. The lowest BCUT2D eigenvalue weighted by Gasteiger charge is -2.37. The topological polar surface area (TPSA) is 27.0 Å². The predicted molar refractivity (Wildman–Crippen MR) is 84.5 cm³/mol. The van der Waals surface area contributed by atoms with E-state index in [4.69, 9.17) is 0 Å². The summed E-state index contributed by atoms with van der Waals surface area (Å²) in [5, 5.41) is 9.68. The summed E-state index contributed by atoms with van der Waals surface area (Å²) in [5.41, 5.74) is 1.13. The van der Waals surface area contributed by atoms with Crippen molar-refractivity contribution in [2.45, 2.75) is 38.6 Å². The normalized spacial score (nSPS) is 24.2. The Kier molecular flexibility index (Phi) is 5.24. The van der Waals surface area contributed by atoms with Crippen LogP contribution in [0.5, 0.6) is 0 Å². The highest BCUT2D eigenvalue weighted by molar-refractivity contribution is 5.48. The fourth-order valence-corrected chi connectivity index (χ4v) is 3.36. The van der Waals surface area contributed by atoms with E-state index in [1.807, 2.05) is 25.2 Å². The van der Waals surface area contributed by atoms with Gasteiger partial charge in [0.1, 0.15) is 6.04 Å². The second-order valence-corrected chi connectivity index (χ2v) is 5.66. The Morgan fingerprint density at radius 3 is 2.60 bits per heavy atom. The van der Waals surface area contributed by atoms with Gasteiger partial charge in [-0.3, -0.25) is 0 Å². The number of para-hydroxylation sites is 1. The number of rotatable bonds is 4. The van der Waals surface area contributed by atoms with Crippen molar-refractivity contribution < 1.29 is 0 Å². The molecule has 0 N–H and O–H groups in total. The molecule has 1 saturated carbocycles. The number of benzene rings is 1. The van der Waals surface area contributed by atoms with Crippen molar-refractivity contribution in [3.8, 4) is 6.07 Å². The number of allylic oxidation sites excluding steroid dienone is 2. The van der Waals surface area contributed by atoms with Gasteiger partial charge in [0.2, 0.25) is 0 Å². The van der Waals surface area contributed by atoms with Crippen LogP contribution < -0.4 is 4.90 Å². The van der Waals surface area contributed by atoms with Gasteiger partial charge in [0.25, 0.3) is 0 Å². The van der Waals surface area contributed by atoms with Gasteiger partial charge in [0.15, 0.2) is 0 Å². The van der Waals surface area contributed by atoms with E-state index >= 15 is 0 Å². The van der Waals surface area contributed by atoms with E-state index in [-0.39, 0.29) is 6.04 Å². The third-order valence-corrected chi connectivity index (χ3v) is 4.43. The lowest BCUT2D eigenvalue weighted by Crippen LogP contribution is -2.41. The van der Waals surface area contributed by atoms with Gasteiger partial charge < -0.3 is 4.90 Å². The van der Waals surface area contributed by atoms with Crippen LogP contribution in [0.4, 0.5) is 5.69 Å². The van der Waals surface area contributed by atoms with Gasteiger partial charge in [-0.05, 0) is 43.7 Å². The van der Waals surface area contributed by atoms with Gasteiger partial charge in [-0.25, -0.2) is 0 Å². The number of anilines is 1. The van der Waals surface area contributed by atoms with Crippen LogP contribution in [0.25, 0.3) is 0 Å². The van der Waals surface area contributed by atoms with Crippen LogP contribution in [0.2, 0.25) is 0 Å². The largest absolute Gasteiger partial charge is 0.359 e. The Labute approximate surface area is 122 Å². The van der Waals surface area contributed by atoms with Gasteiger partial charge in [-0.1, -0.05) is 43.2 Å². The standard InChI is InChI=1S/C18H24N2/c1-3-9-15-10-7-8-13-17(15)18(14-19)20(2)16-11-5-4-6-12-16/h3-6,9,11-12,15,17-18H,7-8,10,13H2,1-2H3/b9-3+/t15-,17-,18+/m0/s1. The quantitative estimate of drug-likeness (QED) is 0.757. The van der Waals surface area contributed by atoms with Crippen LogP contribution in [-0.2, 0) is 0 Å². The maximum absolute atomic E-state index is 9.68. The van der Waals surface area contributed by atoms with E-state index in [1.54, 1.807) is 0 Å². The van der Waals surface area contributed by atoms with Crippen LogP contribution in [0.1, 0.15) is 32.6 Å². The molecule has 0 saturated heterocycles. The summed E-state index contributed by atoms with van der Waals surface area (Å²) >= 11 is 0. The average molecular weight is 268 g/mol. The summed E-state index contributed by atoms with van der Waals surface area (Å²) in [6, 6.07) is 12.8. The van der Waals surface area contributed by atoms with Crippen LogP contribution in [0.15, 0.2) is 42.5 Å². The first-order valence-electron chi connectivity index (χ1n) is 7.58. The lowest BCUT2D eigenvalue weighted by atomic mass is 9.75. The van der Waals surface area contributed by atoms with E-state index in [9.17, 15) is 5.26 Å². The van der Waals surface area contributed by atoms with Crippen molar-refractivity contribution in [3.05, 3.63) is 42.5 Å². The lowest BCUT2D eigenvalue weighted by molar-refractivity contribution is 0.262. The highest BCUT2D eigenvalue weighted by Gasteiger charge is 2.32. The molecule has 2 nitrogen and oxygen atoms in total. The van der Waals surface area contributed by atoms with Crippen molar-refractivity contribution in [2.75, 3.05) is 11.9 Å². The Balaban J connectivity index is 2.20. The molecule has 20 heavy (non-hydrogen) atoms. The molecule has 0 spiro atoms. The van der Waals surface area contributed by atoms with Crippen molar-refractivity contribution >= 4 is 5.69 Å². The van der Waals surface area contributed by atoms with E-state index in [1.165, 1.54) is 19.3 Å². The summed E-state index contributed by atoms with van der Waals surface area (Å²) < 4.78 is 0.